The molecular formula is C24H26N6O3. The van der Waals surface area contributed by atoms with Gasteiger partial charge in [-0.1, -0.05) is 18.2 Å². The van der Waals surface area contributed by atoms with Crippen LogP contribution in [0.25, 0.3) is 16.9 Å². The Labute approximate surface area is 191 Å². The van der Waals surface area contributed by atoms with E-state index in [-0.39, 0.29) is 6.04 Å². The fraction of sp³-hybridized carbons (Fsp3) is 0.333. The first kappa shape index (κ1) is 21.4. The summed E-state index contributed by atoms with van der Waals surface area (Å²) in [6.45, 7) is 6.16. The summed E-state index contributed by atoms with van der Waals surface area (Å²) in [4.78, 5) is 13.3. The summed E-state index contributed by atoms with van der Waals surface area (Å²) >= 11 is 0. The molecule has 0 fully saturated rings. The maximum atomic E-state index is 10.7. The van der Waals surface area contributed by atoms with Crippen molar-refractivity contribution in [2.24, 2.45) is 0 Å². The molecule has 0 aliphatic carbocycles. The largest absolute Gasteiger partial charge is 0.494 e. The summed E-state index contributed by atoms with van der Waals surface area (Å²) in [5.74, 6) is 1.12. The van der Waals surface area contributed by atoms with Crippen molar-refractivity contribution in [1.82, 2.24) is 29.9 Å². The van der Waals surface area contributed by atoms with Gasteiger partial charge < -0.3 is 20.3 Å². The number of imidazole rings is 1. The number of benzene rings is 1. The second kappa shape index (κ2) is 8.18. The highest BCUT2D eigenvalue weighted by Gasteiger charge is 2.34. The molecule has 0 amide bonds. The minimum atomic E-state index is -1.12. The van der Waals surface area contributed by atoms with Gasteiger partial charge in [0.05, 0.1) is 29.7 Å². The molecule has 2 atom stereocenters. The fourth-order valence-corrected chi connectivity index (χ4v) is 4.10. The Morgan fingerprint density at radius 3 is 2.64 bits per heavy atom. The van der Waals surface area contributed by atoms with Crippen molar-refractivity contribution in [2.75, 3.05) is 13.2 Å². The summed E-state index contributed by atoms with van der Waals surface area (Å²) in [6.07, 6.45) is 2.55. The molecule has 9 heteroatoms. The van der Waals surface area contributed by atoms with E-state index in [1.807, 2.05) is 43.3 Å². The predicted octanol–water partition coefficient (Wildman–Crippen LogP) is 2.54. The number of aromatic nitrogens is 5. The molecule has 0 bridgehead atoms. The SMILES string of the molecule is CCOc1ccccc1[C@H]1NC[C@@H](O)c2nc3ccc(-c4cnc(C(C)(C)O)nc4)nn3c21. The summed E-state index contributed by atoms with van der Waals surface area (Å²) < 4.78 is 7.62. The quantitative estimate of drug-likeness (QED) is 0.428. The van der Waals surface area contributed by atoms with Crippen LogP contribution in [0.1, 0.15) is 55.7 Å². The van der Waals surface area contributed by atoms with Gasteiger partial charge in [0.15, 0.2) is 11.5 Å². The third-order valence-corrected chi connectivity index (χ3v) is 5.67. The number of rotatable bonds is 5. The van der Waals surface area contributed by atoms with Crippen LogP contribution in [0.15, 0.2) is 48.8 Å². The summed E-state index contributed by atoms with van der Waals surface area (Å²) in [7, 11) is 0. The molecule has 33 heavy (non-hydrogen) atoms. The molecule has 170 valence electrons. The van der Waals surface area contributed by atoms with Gasteiger partial charge in [-0.05, 0) is 39.0 Å². The van der Waals surface area contributed by atoms with Crippen LogP contribution in [0.4, 0.5) is 0 Å². The summed E-state index contributed by atoms with van der Waals surface area (Å²) in [5, 5.41) is 29.0. The highest BCUT2D eigenvalue weighted by Crippen LogP contribution is 2.37. The first-order chi connectivity index (χ1) is 15.9. The van der Waals surface area contributed by atoms with Gasteiger partial charge >= 0.3 is 0 Å². The van der Waals surface area contributed by atoms with Crippen LogP contribution < -0.4 is 10.1 Å². The molecule has 1 aliphatic heterocycles. The second-order valence-electron chi connectivity index (χ2n) is 8.55. The number of para-hydroxylation sites is 1. The van der Waals surface area contributed by atoms with Crippen LogP contribution >= 0.6 is 0 Å². The standard InChI is InChI=1S/C24H26N6O3/c1-4-33-18-8-6-5-7-15(18)20-22-21(17(31)13-25-20)28-19-10-9-16(29-30(19)22)14-11-26-23(27-12-14)24(2,3)32/h5-12,17,20,25,31-32H,4,13H2,1-3H3/t17-,20-/m1/s1. The molecule has 3 N–H and O–H groups in total. The van der Waals surface area contributed by atoms with E-state index >= 15 is 0 Å². The lowest BCUT2D eigenvalue weighted by Gasteiger charge is -2.28. The zero-order chi connectivity index (χ0) is 23.2. The molecule has 1 aromatic carbocycles. The maximum absolute atomic E-state index is 10.7. The number of ether oxygens (including phenoxy) is 1. The van der Waals surface area contributed by atoms with Crippen molar-refractivity contribution >= 4 is 5.65 Å². The van der Waals surface area contributed by atoms with Gasteiger partial charge in [0.25, 0.3) is 0 Å². The predicted molar refractivity (Wildman–Crippen MR) is 122 cm³/mol. The molecule has 0 saturated heterocycles. The number of hydrogen-bond acceptors (Lipinski definition) is 8. The molecule has 1 aliphatic rings. The first-order valence-electron chi connectivity index (χ1n) is 10.9. The molecule has 4 heterocycles. The summed E-state index contributed by atoms with van der Waals surface area (Å²) in [5.41, 5.74) is 3.21. The van der Waals surface area contributed by atoms with E-state index in [1.165, 1.54) is 0 Å². The Balaban J connectivity index is 1.63. The first-order valence-corrected chi connectivity index (χ1v) is 10.9. The minimum Gasteiger partial charge on any atom is -0.494 e. The Morgan fingerprint density at radius 1 is 1.15 bits per heavy atom. The van der Waals surface area contributed by atoms with Crippen LogP contribution in [0.3, 0.4) is 0 Å². The van der Waals surface area contributed by atoms with Gasteiger partial charge in [0, 0.05) is 30.1 Å². The van der Waals surface area contributed by atoms with Crippen molar-refractivity contribution in [3.63, 3.8) is 0 Å². The molecule has 0 unspecified atom stereocenters. The van der Waals surface area contributed by atoms with Gasteiger partial charge in [0.1, 0.15) is 17.5 Å². The third kappa shape index (κ3) is 3.84. The number of aliphatic hydroxyl groups is 2. The van der Waals surface area contributed by atoms with Crippen molar-refractivity contribution in [3.05, 3.63) is 71.6 Å². The van der Waals surface area contributed by atoms with Crippen LogP contribution in [-0.4, -0.2) is 47.9 Å². The van der Waals surface area contributed by atoms with E-state index in [2.05, 4.69) is 20.3 Å². The number of nitrogens with zero attached hydrogens (tertiary/aromatic N) is 5. The average molecular weight is 447 g/mol. The van der Waals surface area contributed by atoms with Crippen molar-refractivity contribution in [1.29, 1.82) is 0 Å². The van der Waals surface area contributed by atoms with E-state index in [0.29, 0.717) is 41.6 Å². The van der Waals surface area contributed by atoms with Gasteiger partial charge in [-0.15, -0.1) is 0 Å². The third-order valence-electron chi connectivity index (χ3n) is 5.67. The van der Waals surface area contributed by atoms with Crippen LogP contribution in [0.2, 0.25) is 0 Å². The Kier molecular flexibility index (Phi) is 5.32. The average Bonchev–Trinajstić information content (AvgIpc) is 3.20. The Bertz CT molecular complexity index is 1300. The number of β-amino-alcohol motifs (C(OH)–C–C–N with tert-alkyl or cyclic N) is 1. The number of fused-ring (bicyclic) bond motifs is 3. The van der Waals surface area contributed by atoms with E-state index in [0.717, 1.165) is 17.0 Å². The van der Waals surface area contributed by atoms with Crippen LogP contribution in [0.5, 0.6) is 5.75 Å². The van der Waals surface area contributed by atoms with Crippen LogP contribution in [0, 0.1) is 0 Å². The normalized spacial score (nSPS) is 18.3. The highest BCUT2D eigenvalue weighted by atomic mass is 16.5. The minimum absolute atomic E-state index is 0.252. The Morgan fingerprint density at radius 2 is 1.91 bits per heavy atom. The van der Waals surface area contributed by atoms with Gasteiger partial charge in [-0.3, -0.25) is 0 Å². The van der Waals surface area contributed by atoms with Gasteiger partial charge in [0.2, 0.25) is 0 Å². The van der Waals surface area contributed by atoms with Crippen molar-refractivity contribution in [2.45, 2.75) is 38.5 Å². The summed E-state index contributed by atoms with van der Waals surface area (Å²) in [6, 6.07) is 11.3. The lowest BCUT2D eigenvalue weighted by molar-refractivity contribution is 0.0687. The van der Waals surface area contributed by atoms with E-state index in [9.17, 15) is 10.2 Å². The molecule has 0 spiro atoms. The number of hydrogen-bond donors (Lipinski definition) is 3. The topological polar surface area (TPSA) is 118 Å². The molecule has 4 aromatic rings. The highest BCUT2D eigenvalue weighted by molar-refractivity contribution is 5.59. The molecule has 3 aromatic heterocycles. The van der Waals surface area contributed by atoms with Gasteiger partial charge in [-0.2, -0.15) is 5.10 Å². The van der Waals surface area contributed by atoms with Crippen LogP contribution in [-0.2, 0) is 5.60 Å². The molecule has 9 nitrogen and oxygen atoms in total. The smallest absolute Gasteiger partial charge is 0.159 e. The van der Waals surface area contributed by atoms with E-state index in [1.54, 1.807) is 30.8 Å². The van der Waals surface area contributed by atoms with Crippen molar-refractivity contribution < 1.29 is 14.9 Å². The van der Waals surface area contributed by atoms with Crippen molar-refractivity contribution in [3.8, 4) is 17.0 Å². The molecule has 0 saturated carbocycles. The lowest BCUT2D eigenvalue weighted by atomic mass is 9.96. The zero-order valence-electron chi connectivity index (χ0n) is 18.7. The Hall–Kier alpha value is -3.40. The van der Waals surface area contributed by atoms with E-state index in [4.69, 9.17) is 9.84 Å². The zero-order valence-corrected chi connectivity index (χ0v) is 18.7. The van der Waals surface area contributed by atoms with E-state index < -0.39 is 11.7 Å². The molecular weight excluding hydrogens is 420 g/mol. The molecule has 5 rings (SSSR count). The number of nitrogens with one attached hydrogen (secondary N) is 1. The second-order valence-corrected chi connectivity index (χ2v) is 8.55. The fourth-order valence-electron chi connectivity index (χ4n) is 4.10. The monoisotopic (exact) mass is 446 g/mol. The molecule has 0 radical (unpaired) electrons. The number of aliphatic hydroxyl groups excluding tert-OH is 1. The maximum Gasteiger partial charge on any atom is 0.159 e. The lowest BCUT2D eigenvalue weighted by Crippen LogP contribution is -2.35. The van der Waals surface area contributed by atoms with Gasteiger partial charge in [-0.25, -0.2) is 19.5 Å².